The highest BCUT2D eigenvalue weighted by Crippen LogP contribution is 2.15. The maximum Gasteiger partial charge on any atom is 0.335 e. The van der Waals surface area contributed by atoms with Gasteiger partial charge in [-0.2, -0.15) is 0 Å². The van der Waals surface area contributed by atoms with E-state index >= 15 is 0 Å². The van der Waals surface area contributed by atoms with Crippen molar-refractivity contribution in [2.24, 2.45) is 0 Å². The summed E-state index contributed by atoms with van der Waals surface area (Å²) in [5.74, 6) is -1.86. The maximum absolute atomic E-state index is 10.5. The molecule has 0 spiro atoms. The van der Waals surface area contributed by atoms with Gasteiger partial charge in [-0.25, -0.2) is 25.2 Å². The summed E-state index contributed by atoms with van der Waals surface area (Å²) >= 11 is 0. The van der Waals surface area contributed by atoms with E-state index in [-0.39, 0.29) is 5.69 Å². The third-order valence-corrected chi connectivity index (χ3v) is 2.85. The summed E-state index contributed by atoms with van der Waals surface area (Å²) in [6.45, 7) is 1.49. The van der Waals surface area contributed by atoms with E-state index in [1.54, 1.807) is 30.3 Å². The second-order valence-corrected chi connectivity index (χ2v) is 4.88. The molecule has 0 unspecified atom stereocenters. The minimum absolute atomic E-state index is 0.0245. The fraction of sp³-hybridized carbons (Fsp3) is 0.111. The van der Waals surface area contributed by atoms with Crippen molar-refractivity contribution in [3.8, 4) is 0 Å². The number of nitrogens with zero attached hydrogens (tertiary/aromatic N) is 1. The number of nitrogens with one attached hydrogen (secondary N) is 3. The number of carbonyl (C=O) groups is 2. The molecule has 2 aromatic carbocycles. The normalized spacial score (nSPS) is 9.10. The molecule has 12 nitrogen and oxygen atoms in total. The second kappa shape index (κ2) is 16.5. The van der Waals surface area contributed by atoms with Crippen LogP contribution in [0.4, 0.5) is 11.4 Å². The Morgan fingerprint density at radius 3 is 1.73 bits per heavy atom. The van der Waals surface area contributed by atoms with Crippen molar-refractivity contribution in [1.29, 1.82) is 10.8 Å². The number of nitro benzene ring substituents is 1. The molecule has 5 N–H and O–H groups in total. The Bertz CT molecular complexity index is 861. The van der Waals surface area contributed by atoms with Crippen LogP contribution in [0.15, 0.2) is 54.6 Å². The van der Waals surface area contributed by atoms with Crippen LogP contribution < -0.4 is 5.32 Å². The Hall–Kier alpha value is -4.66. The van der Waals surface area contributed by atoms with Crippen LogP contribution in [0, 0.1) is 20.9 Å². The largest absolute Gasteiger partial charge is 0.480 e. The molecule has 0 bridgehead atoms. The topological polar surface area (TPSA) is 212 Å². The summed E-state index contributed by atoms with van der Waals surface area (Å²) in [6.07, 6.45) is 1.50. The highest BCUT2D eigenvalue weighted by Gasteiger charge is 2.10. The highest BCUT2D eigenvalue weighted by molar-refractivity contribution is 5.87. The van der Waals surface area contributed by atoms with Crippen LogP contribution in [-0.2, 0) is 14.4 Å². The van der Waals surface area contributed by atoms with E-state index in [2.05, 4.69) is 5.32 Å². The molecule has 0 amide bonds. The van der Waals surface area contributed by atoms with Gasteiger partial charge in [0.05, 0.1) is 10.5 Å². The zero-order valence-electron chi connectivity index (χ0n) is 15.6. The first-order valence-electron chi connectivity index (χ1n) is 7.74. The van der Waals surface area contributed by atoms with Crippen molar-refractivity contribution >= 4 is 35.5 Å². The molecule has 0 saturated heterocycles. The third-order valence-electron chi connectivity index (χ3n) is 2.85. The zero-order valence-corrected chi connectivity index (χ0v) is 15.6. The van der Waals surface area contributed by atoms with Crippen molar-refractivity contribution in [3.63, 3.8) is 0 Å². The quantitative estimate of drug-likeness (QED) is 0.208. The number of hydrogen-bond donors (Lipinski definition) is 5. The van der Waals surface area contributed by atoms with Gasteiger partial charge in [-0.1, -0.05) is 18.2 Å². The number of benzene rings is 2. The lowest BCUT2D eigenvalue weighted by molar-refractivity contribution is -0.384. The molecular weight excluding hydrogens is 400 g/mol. The number of nitro groups is 1. The van der Waals surface area contributed by atoms with E-state index in [0.717, 1.165) is 12.2 Å². The number of non-ortho nitro benzene ring substituents is 1. The first kappa shape index (κ1) is 27.6. The van der Waals surface area contributed by atoms with Crippen LogP contribution in [0.1, 0.15) is 17.3 Å². The summed E-state index contributed by atoms with van der Waals surface area (Å²) in [5.41, 5.74) is 0.844. The van der Waals surface area contributed by atoms with Crippen LogP contribution in [0.2, 0.25) is 0 Å². The number of carboxylic acid groups (broad SMARTS) is 2. The lowest BCUT2D eigenvalue weighted by Gasteiger charge is -2.09. The van der Waals surface area contributed by atoms with Gasteiger partial charge in [0.1, 0.15) is 6.04 Å². The Balaban J connectivity index is 0. The van der Waals surface area contributed by atoms with E-state index < -0.39 is 22.9 Å². The first-order valence-corrected chi connectivity index (χ1v) is 7.74. The SMILES string of the molecule is C[C@H](Nc1ccc([N+](=O)[O-])cc1)C(=O)O.N=C=O.N=C=O.O=C(O)c1ccccc1. The van der Waals surface area contributed by atoms with E-state index in [4.69, 9.17) is 30.6 Å². The van der Waals surface area contributed by atoms with E-state index in [1.807, 2.05) is 0 Å². The van der Waals surface area contributed by atoms with Gasteiger partial charge >= 0.3 is 11.9 Å². The Kier molecular flexibility index (Phi) is 15.2. The van der Waals surface area contributed by atoms with Gasteiger partial charge in [-0.3, -0.25) is 14.9 Å². The third kappa shape index (κ3) is 13.5. The maximum atomic E-state index is 10.5. The van der Waals surface area contributed by atoms with Gasteiger partial charge in [0, 0.05) is 17.8 Å². The van der Waals surface area contributed by atoms with Gasteiger partial charge in [0.25, 0.3) is 5.69 Å². The van der Waals surface area contributed by atoms with E-state index in [9.17, 15) is 19.7 Å². The van der Waals surface area contributed by atoms with Gasteiger partial charge in [0.15, 0.2) is 0 Å². The molecular formula is C18H18N4O8. The standard InChI is InChI=1S/C9H10N2O4.C7H6O2.2CHNO/c1-6(9(12)13)10-7-2-4-8(5-3-7)11(14)15;8-7(9)6-4-2-1-3-5-6;2*2-1-3/h2-6,10H,1H3,(H,12,13);1-5H,(H,8,9);2*2H/t6-;;;/m0.../s1. The van der Waals surface area contributed by atoms with Gasteiger partial charge in [-0.15, -0.1) is 0 Å². The molecule has 0 fully saturated rings. The summed E-state index contributed by atoms with van der Waals surface area (Å²) in [5, 5.41) is 40.8. The molecule has 1 atom stereocenters. The van der Waals surface area contributed by atoms with Crippen molar-refractivity contribution < 1.29 is 34.3 Å². The Morgan fingerprint density at radius 2 is 1.43 bits per heavy atom. The zero-order chi connectivity index (χ0) is 23.5. The number of hydrogen-bond acceptors (Lipinski definition) is 9. The molecule has 12 heteroatoms. The van der Waals surface area contributed by atoms with Crippen molar-refractivity contribution in [3.05, 3.63) is 70.3 Å². The number of rotatable bonds is 5. The molecule has 0 aliphatic rings. The van der Waals surface area contributed by atoms with Gasteiger partial charge in [0.2, 0.25) is 12.2 Å². The predicted octanol–water partition coefficient (Wildman–Crippen LogP) is 2.67. The lowest BCUT2D eigenvalue weighted by Crippen LogP contribution is -2.25. The number of carboxylic acids is 2. The molecule has 0 aliphatic heterocycles. The second-order valence-electron chi connectivity index (χ2n) is 4.88. The fourth-order valence-electron chi connectivity index (χ4n) is 1.57. The first-order chi connectivity index (χ1) is 14.1. The number of carbonyl (C=O) groups excluding carboxylic acids is 2. The van der Waals surface area contributed by atoms with Crippen LogP contribution in [0.5, 0.6) is 0 Å². The molecule has 0 radical (unpaired) electrons. The van der Waals surface area contributed by atoms with Crippen molar-refractivity contribution in [1.82, 2.24) is 0 Å². The Labute approximate surface area is 170 Å². The number of aliphatic carboxylic acids is 1. The van der Waals surface area contributed by atoms with Crippen LogP contribution >= 0.6 is 0 Å². The number of isocyanates is 2. The number of aromatic carboxylic acids is 1. The van der Waals surface area contributed by atoms with Crippen LogP contribution in [0.25, 0.3) is 0 Å². The molecule has 2 rings (SSSR count). The summed E-state index contributed by atoms with van der Waals surface area (Å²) < 4.78 is 0. The summed E-state index contributed by atoms with van der Waals surface area (Å²) in [4.78, 5) is 47.2. The van der Waals surface area contributed by atoms with Crippen molar-refractivity contribution in [2.75, 3.05) is 5.32 Å². The molecule has 158 valence electrons. The molecule has 30 heavy (non-hydrogen) atoms. The van der Waals surface area contributed by atoms with Crippen LogP contribution in [0.3, 0.4) is 0 Å². The van der Waals surface area contributed by atoms with Crippen LogP contribution in [-0.4, -0.2) is 45.3 Å². The van der Waals surface area contributed by atoms with E-state index in [0.29, 0.717) is 11.3 Å². The monoisotopic (exact) mass is 418 g/mol. The van der Waals surface area contributed by atoms with Gasteiger partial charge < -0.3 is 15.5 Å². The highest BCUT2D eigenvalue weighted by atomic mass is 16.6. The minimum atomic E-state index is -0.978. The average Bonchev–Trinajstić information content (AvgIpc) is 2.70. The molecule has 0 heterocycles. The predicted molar refractivity (Wildman–Crippen MR) is 104 cm³/mol. The van der Waals surface area contributed by atoms with Crippen molar-refractivity contribution in [2.45, 2.75) is 13.0 Å². The molecule has 0 aliphatic carbocycles. The summed E-state index contributed by atoms with van der Waals surface area (Å²) in [7, 11) is 0. The van der Waals surface area contributed by atoms with E-state index in [1.165, 1.54) is 31.2 Å². The Morgan fingerprint density at radius 1 is 1.00 bits per heavy atom. The fourth-order valence-corrected chi connectivity index (χ4v) is 1.57. The average molecular weight is 418 g/mol. The lowest BCUT2D eigenvalue weighted by atomic mass is 10.2. The van der Waals surface area contributed by atoms with Gasteiger partial charge in [-0.05, 0) is 31.2 Å². The molecule has 0 aromatic heterocycles. The summed E-state index contributed by atoms with van der Waals surface area (Å²) in [6, 6.07) is 13.1. The smallest absolute Gasteiger partial charge is 0.335 e. The molecule has 2 aromatic rings. The number of anilines is 1. The molecule has 0 saturated carbocycles. The minimum Gasteiger partial charge on any atom is -0.480 e.